The standard InChI is InChI=1S/C12H14ClN5OS/c1-8-16-17-12(18(8)14)20-7-11(19)15-6-9-4-2-3-5-10(9)13/h2-5H,6-7,14H2,1H3,(H,15,19). The normalized spacial score (nSPS) is 10.5. The minimum absolute atomic E-state index is 0.115. The van der Waals surface area contributed by atoms with Crippen LogP contribution in [0.2, 0.25) is 5.02 Å². The number of nitrogens with two attached hydrogens (primary N) is 1. The molecule has 2 aromatic rings. The van der Waals surface area contributed by atoms with Crippen molar-refractivity contribution in [1.82, 2.24) is 20.2 Å². The number of hydrogen-bond donors (Lipinski definition) is 2. The number of halogens is 1. The predicted molar refractivity (Wildman–Crippen MR) is 78.9 cm³/mol. The second kappa shape index (κ2) is 6.62. The lowest BCUT2D eigenvalue weighted by Gasteiger charge is -2.06. The van der Waals surface area contributed by atoms with Gasteiger partial charge >= 0.3 is 0 Å². The van der Waals surface area contributed by atoms with Crippen LogP contribution in [0.5, 0.6) is 0 Å². The zero-order chi connectivity index (χ0) is 14.5. The van der Waals surface area contributed by atoms with E-state index in [2.05, 4.69) is 15.5 Å². The fourth-order valence-electron chi connectivity index (χ4n) is 1.47. The van der Waals surface area contributed by atoms with Crippen molar-refractivity contribution in [3.05, 3.63) is 40.7 Å². The smallest absolute Gasteiger partial charge is 0.230 e. The highest BCUT2D eigenvalue weighted by Crippen LogP contribution is 2.15. The molecular formula is C12H14ClN5OS. The number of benzene rings is 1. The van der Waals surface area contributed by atoms with Crippen LogP contribution < -0.4 is 11.2 Å². The summed E-state index contributed by atoms with van der Waals surface area (Å²) in [4.78, 5) is 11.7. The van der Waals surface area contributed by atoms with Crippen molar-refractivity contribution >= 4 is 29.3 Å². The Morgan fingerprint density at radius 2 is 2.20 bits per heavy atom. The summed E-state index contributed by atoms with van der Waals surface area (Å²) in [6.07, 6.45) is 0. The van der Waals surface area contributed by atoms with Gasteiger partial charge in [0, 0.05) is 11.6 Å². The van der Waals surface area contributed by atoms with E-state index in [0.717, 1.165) is 5.56 Å². The van der Waals surface area contributed by atoms with Crippen LogP contribution in [0.1, 0.15) is 11.4 Å². The van der Waals surface area contributed by atoms with Gasteiger partial charge in [0.05, 0.1) is 5.75 Å². The molecule has 1 amide bonds. The highest BCUT2D eigenvalue weighted by molar-refractivity contribution is 7.99. The fourth-order valence-corrected chi connectivity index (χ4v) is 2.40. The summed E-state index contributed by atoms with van der Waals surface area (Å²) in [6, 6.07) is 7.38. The van der Waals surface area contributed by atoms with Crippen molar-refractivity contribution in [2.45, 2.75) is 18.6 Å². The highest BCUT2D eigenvalue weighted by atomic mass is 35.5. The van der Waals surface area contributed by atoms with Crippen molar-refractivity contribution in [3.63, 3.8) is 0 Å². The summed E-state index contributed by atoms with van der Waals surface area (Å²) in [6.45, 7) is 2.14. The molecule has 2 rings (SSSR count). The lowest BCUT2D eigenvalue weighted by Crippen LogP contribution is -2.25. The van der Waals surface area contributed by atoms with Gasteiger partial charge in [-0.1, -0.05) is 41.6 Å². The van der Waals surface area contributed by atoms with Crippen LogP contribution >= 0.6 is 23.4 Å². The van der Waals surface area contributed by atoms with Gasteiger partial charge in [0.2, 0.25) is 11.1 Å². The molecule has 0 saturated carbocycles. The summed E-state index contributed by atoms with van der Waals surface area (Å²) >= 11 is 7.24. The number of nitrogens with zero attached hydrogens (tertiary/aromatic N) is 3. The van der Waals surface area contributed by atoms with Crippen LogP contribution in [0.15, 0.2) is 29.4 Å². The zero-order valence-electron chi connectivity index (χ0n) is 10.8. The van der Waals surface area contributed by atoms with Crippen molar-refractivity contribution in [1.29, 1.82) is 0 Å². The number of aromatic nitrogens is 3. The second-order valence-corrected chi connectivity index (χ2v) is 5.41. The summed E-state index contributed by atoms with van der Waals surface area (Å²) in [5.41, 5.74) is 0.880. The van der Waals surface area contributed by atoms with Gasteiger partial charge in [0.1, 0.15) is 5.82 Å². The molecule has 106 valence electrons. The largest absolute Gasteiger partial charge is 0.351 e. The van der Waals surface area contributed by atoms with E-state index in [4.69, 9.17) is 17.4 Å². The molecule has 0 saturated heterocycles. The molecular weight excluding hydrogens is 298 g/mol. The number of carbonyl (C=O) groups excluding carboxylic acids is 1. The van der Waals surface area contributed by atoms with E-state index in [-0.39, 0.29) is 11.7 Å². The molecule has 0 aliphatic heterocycles. The number of thioether (sulfide) groups is 1. The first-order chi connectivity index (χ1) is 9.58. The maximum atomic E-state index is 11.7. The van der Waals surface area contributed by atoms with E-state index in [1.807, 2.05) is 18.2 Å². The van der Waals surface area contributed by atoms with Crippen molar-refractivity contribution in [2.75, 3.05) is 11.6 Å². The van der Waals surface area contributed by atoms with Gasteiger partial charge in [0.25, 0.3) is 0 Å². The van der Waals surface area contributed by atoms with E-state index >= 15 is 0 Å². The molecule has 1 heterocycles. The molecule has 0 fully saturated rings. The molecule has 0 spiro atoms. The molecule has 3 N–H and O–H groups in total. The van der Waals surface area contributed by atoms with Crippen LogP contribution in [0.25, 0.3) is 0 Å². The molecule has 20 heavy (non-hydrogen) atoms. The summed E-state index contributed by atoms with van der Waals surface area (Å²) in [5.74, 6) is 6.40. The van der Waals surface area contributed by atoms with E-state index in [1.54, 1.807) is 13.0 Å². The molecule has 0 unspecified atom stereocenters. The van der Waals surface area contributed by atoms with E-state index < -0.39 is 0 Å². The van der Waals surface area contributed by atoms with E-state index in [9.17, 15) is 4.79 Å². The highest BCUT2D eigenvalue weighted by Gasteiger charge is 2.09. The number of carbonyl (C=O) groups is 1. The Labute approximate surface area is 125 Å². The van der Waals surface area contributed by atoms with Gasteiger partial charge in [-0.05, 0) is 18.6 Å². The number of nitrogen functional groups attached to an aromatic ring is 1. The second-order valence-electron chi connectivity index (χ2n) is 4.06. The third kappa shape index (κ3) is 3.64. The molecule has 0 atom stereocenters. The third-order valence-electron chi connectivity index (χ3n) is 2.60. The Hall–Kier alpha value is -1.73. The van der Waals surface area contributed by atoms with Gasteiger partial charge in [-0.15, -0.1) is 10.2 Å². The molecule has 0 radical (unpaired) electrons. The van der Waals surface area contributed by atoms with Crippen LogP contribution in [0.3, 0.4) is 0 Å². The molecule has 8 heteroatoms. The van der Waals surface area contributed by atoms with Crippen LogP contribution in [-0.4, -0.2) is 26.5 Å². The van der Waals surface area contributed by atoms with Gasteiger partial charge in [-0.2, -0.15) is 0 Å². The molecule has 6 nitrogen and oxygen atoms in total. The first-order valence-corrected chi connectivity index (χ1v) is 7.24. The minimum Gasteiger partial charge on any atom is -0.351 e. The number of aryl methyl sites for hydroxylation is 1. The Kier molecular flexibility index (Phi) is 4.86. The van der Waals surface area contributed by atoms with Crippen LogP contribution in [0.4, 0.5) is 0 Å². The summed E-state index contributed by atoms with van der Waals surface area (Å²) < 4.78 is 1.35. The summed E-state index contributed by atoms with van der Waals surface area (Å²) in [7, 11) is 0. The fraction of sp³-hybridized carbons (Fsp3) is 0.250. The molecule has 0 aliphatic carbocycles. The molecule has 0 aliphatic rings. The number of rotatable bonds is 5. The number of amides is 1. The SMILES string of the molecule is Cc1nnc(SCC(=O)NCc2ccccc2Cl)n1N. The lowest BCUT2D eigenvalue weighted by atomic mass is 10.2. The third-order valence-corrected chi connectivity index (χ3v) is 3.91. The Morgan fingerprint density at radius 3 is 2.85 bits per heavy atom. The first kappa shape index (κ1) is 14.7. The Balaban J connectivity index is 1.82. The number of nitrogens with one attached hydrogen (secondary N) is 1. The van der Waals surface area contributed by atoms with E-state index in [0.29, 0.717) is 22.5 Å². The van der Waals surface area contributed by atoms with Crippen molar-refractivity contribution in [2.24, 2.45) is 0 Å². The Bertz CT molecular complexity index is 616. The average Bonchev–Trinajstić information content (AvgIpc) is 2.76. The topological polar surface area (TPSA) is 85.8 Å². The van der Waals surface area contributed by atoms with Gasteiger partial charge < -0.3 is 11.2 Å². The van der Waals surface area contributed by atoms with Crippen LogP contribution in [-0.2, 0) is 11.3 Å². The maximum absolute atomic E-state index is 11.7. The monoisotopic (exact) mass is 311 g/mol. The van der Waals surface area contributed by atoms with Gasteiger partial charge in [0.15, 0.2) is 0 Å². The van der Waals surface area contributed by atoms with Gasteiger partial charge in [-0.25, -0.2) is 4.68 Å². The zero-order valence-corrected chi connectivity index (χ0v) is 12.4. The maximum Gasteiger partial charge on any atom is 0.230 e. The molecule has 1 aromatic carbocycles. The molecule has 0 bridgehead atoms. The quantitative estimate of drug-likeness (QED) is 0.643. The van der Waals surface area contributed by atoms with Crippen LogP contribution in [0, 0.1) is 6.92 Å². The minimum atomic E-state index is -0.115. The Morgan fingerprint density at radius 1 is 1.45 bits per heavy atom. The van der Waals surface area contributed by atoms with E-state index in [1.165, 1.54) is 16.4 Å². The number of hydrogen-bond acceptors (Lipinski definition) is 5. The summed E-state index contributed by atoms with van der Waals surface area (Å²) in [5, 5.41) is 11.6. The predicted octanol–water partition coefficient (Wildman–Crippen LogP) is 1.36. The van der Waals surface area contributed by atoms with Crippen molar-refractivity contribution < 1.29 is 4.79 Å². The molecule has 1 aromatic heterocycles. The first-order valence-electron chi connectivity index (χ1n) is 5.88. The van der Waals surface area contributed by atoms with Crippen molar-refractivity contribution in [3.8, 4) is 0 Å². The van der Waals surface area contributed by atoms with Gasteiger partial charge in [-0.3, -0.25) is 4.79 Å². The average molecular weight is 312 g/mol. The lowest BCUT2D eigenvalue weighted by molar-refractivity contribution is -0.118.